The molecule has 0 atom stereocenters. The number of aromatic nitrogens is 1. The molecular weight excluding hydrogens is 300 g/mol. The van der Waals surface area contributed by atoms with Crippen molar-refractivity contribution in [3.05, 3.63) is 84.7 Å². The van der Waals surface area contributed by atoms with Crippen LogP contribution in [0.15, 0.2) is 79.1 Å². The molecule has 0 bridgehead atoms. The van der Waals surface area contributed by atoms with E-state index in [1.54, 1.807) is 48.8 Å². The molecule has 4 nitrogen and oxygen atoms in total. The van der Waals surface area contributed by atoms with E-state index in [2.05, 4.69) is 22.1 Å². The molecule has 0 aliphatic heterocycles. The van der Waals surface area contributed by atoms with Crippen LogP contribution in [0.25, 0.3) is 0 Å². The Morgan fingerprint density at radius 3 is 2.25 bits per heavy atom. The van der Waals surface area contributed by atoms with Gasteiger partial charge in [0.1, 0.15) is 11.5 Å². The van der Waals surface area contributed by atoms with Gasteiger partial charge in [0.05, 0.1) is 0 Å². The number of hydrogen-bond donors (Lipinski definition) is 1. The van der Waals surface area contributed by atoms with Crippen LogP contribution in [-0.4, -0.2) is 10.9 Å². The summed E-state index contributed by atoms with van der Waals surface area (Å²) in [6.07, 6.45) is 3.32. The highest BCUT2D eigenvalue weighted by atomic mass is 16.5. The molecule has 1 amide bonds. The summed E-state index contributed by atoms with van der Waals surface area (Å²) in [6.45, 7) is 0. The van der Waals surface area contributed by atoms with Crippen LogP contribution < -0.4 is 10.1 Å². The van der Waals surface area contributed by atoms with Crippen LogP contribution >= 0.6 is 0 Å². The summed E-state index contributed by atoms with van der Waals surface area (Å²) in [5.41, 5.74) is 1.46. The average molecular weight is 314 g/mol. The van der Waals surface area contributed by atoms with Crippen LogP contribution in [0.5, 0.6) is 11.5 Å². The van der Waals surface area contributed by atoms with Crippen molar-refractivity contribution in [3.8, 4) is 23.3 Å². The Kier molecular flexibility index (Phi) is 4.86. The van der Waals surface area contributed by atoms with E-state index in [1.165, 1.54) is 0 Å². The van der Waals surface area contributed by atoms with Gasteiger partial charge in [-0.1, -0.05) is 24.1 Å². The molecule has 2 aromatic carbocycles. The molecule has 3 aromatic rings. The molecule has 1 heterocycles. The van der Waals surface area contributed by atoms with E-state index in [-0.39, 0.29) is 5.91 Å². The summed E-state index contributed by atoms with van der Waals surface area (Å²) in [5.74, 6) is 6.40. The Hall–Kier alpha value is -3.58. The highest BCUT2D eigenvalue weighted by Crippen LogP contribution is 2.22. The molecule has 0 spiro atoms. The maximum Gasteiger partial charge on any atom is 0.300 e. The molecule has 0 unspecified atom stereocenters. The normalized spacial score (nSPS) is 9.50. The second kappa shape index (κ2) is 7.61. The van der Waals surface area contributed by atoms with Gasteiger partial charge in [-0.25, -0.2) is 0 Å². The molecule has 0 saturated carbocycles. The highest BCUT2D eigenvalue weighted by Gasteiger charge is 2.00. The number of nitrogens with zero attached hydrogens (tertiary/aromatic N) is 1. The van der Waals surface area contributed by atoms with Crippen LogP contribution in [0, 0.1) is 11.8 Å². The number of hydrogen-bond acceptors (Lipinski definition) is 3. The molecule has 0 aliphatic rings. The van der Waals surface area contributed by atoms with Crippen molar-refractivity contribution in [2.24, 2.45) is 0 Å². The van der Waals surface area contributed by atoms with Crippen molar-refractivity contribution >= 4 is 11.6 Å². The first-order valence-electron chi connectivity index (χ1n) is 7.35. The molecule has 1 aromatic heterocycles. The lowest BCUT2D eigenvalue weighted by Gasteiger charge is -2.06. The third-order valence-electron chi connectivity index (χ3n) is 3.09. The van der Waals surface area contributed by atoms with E-state index in [0.717, 1.165) is 5.56 Å². The Morgan fingerprint density at radius 1 is 0.875 bits per heavy atom. The van der Waals surface area contributed by atoms with Gasteiger partial charge in [-0.05, 0) is 48.5 Å². The summed E-state index contributed by atoms with van der Waals surface area (Å²) in [7, 11) is 0. The van der Waals surface area contributed by atoms with Crippen LogP contribution in [0.1, 0.15) is 5.56 Å². The van der Waals surface area contributed by atoms with E-state index in [9.17, 15) is 4.79 Å². The van der Waals surface area contributed by atoms with Crippen LogP contribution in [0.4, 0.5) is 5.69 Å². The summed E-state index contributed by atoms with van der Waals surface area (Å²) >= 11 is 0. The Labute approximate surface area is 140 Å². The standard InChI is InChI=1S/C20H14N2O2/c23-20(11-6-16-4-2-1-3-5-16)22-17-7-9-18(10-8-17)24-19-12-14-21-15-13-19/h1-5,7-10,12-15H,(H,22,23). The predicted octanol–water partition coefficient (Wildman–Crippen LogP) is 3.86. The summed E-state index contributed by atoms with van der Waals surface area (Å²) in [6, 6.07) is 20.0. The number of ether oxygens (including phenoxy) is 1. The van der Waals surface area contributed by atoms with Gasteiger partial charge < -0.3 is 10.1 Å². The van der Waals surface area contributed by atoms with Crippen LogP contribution in [0.3, 0.4) is 0 Å². The molecule has 0 aliphatic carbocycles. The third-order valence-corrected chi connectivity index (χ3v) is 3.09. The topological polar surface area (TPSA) is 51.2 Å². The zero-order chi connectivity index (χ0) is 16.6. The van der Waals surface area contributed by atoms with E-state index in [0.29, 0.717) is 17.2 Å². The number of benzene rings is 2. The third kappa shape index (κ3) is 4.46. The lowest BCUT2D eigenvalue weighted by atomic mass is 10.2. The highest BCUT2D eigenvalue weighted by molar-refractivity contribution is 6.04. The fraction of sp³-hybridized carbons (Fsp3) is 0. The van der Waals surface area contributed by atoms with Gasteiger partial charge in [-0.15, -0.1) is 0 Å². The first-order valence-corrected chi connectivity index (χ1v) is 7.35. The Balaban J connectivity index is 1.60. The molecule has 4 heteroatoms. The second-order valence-corrected chi connectivity index (χ2v) is 4.88. The monoisotopic (exact) mass is 314 g/mol. The summed E-state index contributed by atoms with van der Waals surface area (Å²) in [4.78, 5) is 15.8. The SMILES string of the molecule is O=C(C#Cc1ccccc1)Nc1ccc(Oc2ccncc2)cc1. The van der Waals surface area contributed by atoms with E-state index < -0.39 is 0 Å². The maximum absolute atomic E-state index is 11.8. The van der Waals surface area contributed by atoms with Crippen molar-refractivity contribution < 1.29 is 9.53 Å². The number of pyridine rings is 1. The van der Waals surface area contributed by atoms with Gasteiger partial charge >= 0.3 is 5.91 Å². The van der Waals surface area contributed by atoms with Gasteiger partial charge in [-0.3, -0.25) is 9.78 Å². The Morgan fingerprint density at radius 2 is 1.54 bits per heavy atom. The fourth-order valence-electron chi connectivity index (χ4n) is 1.96. The van der Waals surface area contributed by atoms with Gasteiger partial charge in [-0.2, -0.15) is 0 Å². The van der Waals surface area contributed by atoms with E-state index in [1.807, 2.05) is 30.3 Å². The number of nitrogens with one attached hydrogen (secondary N) is 1. The van der Waals surface area contributed by atoms with Gasteiger partial charge in [0, 0.05) is 29.6 Å². The van der Waals surface area contributed by atoms with Gasteiger partial charge in [0.15, 0.2) is 0 Å². The zero-order valence-corrected chi connectivity index (χ0v) is 12.8. The molecule has 3 rings (SSSR count). The number of carbonyl (C=O) groups is 1. The fourth-order valence-corrected chi connectivity index (χ4v) is 1.96. The maximum atomic E-state index is 11.8. The van der Waals surface area contributed by atoms with E-state index >= 15 is 0 Å². The minimum absolute atomic E-state index is 0.360. The molecular formula is C20H14N2O2. The van der Waals surface area contributed by atoms with Crippen LogP contribution in [-0.2, 0) is 4.79 Å². The minimum Gasteiger partial charge on any atom is -0.457 e. The first-order chi connectivity index (χ1) is 11.8. The van der Waals surface area contributed by atoms with E-state index in [4.69, 9.17) is 4.74 Å². The summed E-state index contributed by atoms with van der Waals surface area (Å²) in [5, 5.41) is 2.73. The quantitative estimate of drug-likeness (QED) is 0.747. The van der Waals surface area contributed by atoms with Crippen molar-refractivity contribution in [2.75, 3.05) is 5.32 Å². The van der Waals surface area contributed by atoms with Crippen molar-refractivity contribution in [1.29, 1.82) is 0 Å². The second-order valence-electron chi connectivity index (χ2n) is 4.88. The summed E-state index contributed by atoms with van der Waals surface area (Å²) < 4.78 is 5.66. The number of carbonyl (C=O) groups excluding carboxylic acids is 1. The Bertz CT molecular complexity index is 864. The van der Waals surface area contributed by atoms with Crippen molar-refractivity contribution in [2.45, 2.75) is 0 Å². The minimum atomic E-state index is -0.360. The molecule has 0 fully saturated rings. The lowest BCUT2D eigenvalue weighted by molar-refractivity contribution is -0.111. The van der Waals surface area contributed by atoms with Gasteiger partial charge in [0.2, 0.25) is 0 Å². The molecule has 24 heavy (non-hydrogen) atoms. The molecule has 116 valence electrons. The predicted molar refractivity (Wildman–Crippen MR) is 92.7 cm³/mol. The number of rotatable bonds is 3. The molecule has 1 N–H and O–H groups in total. The lowest BCUT2D eigenvalue weighted by Crippen LogP contribution is -2.08. The average Bonchev–Trinajstić information content (AvgIpc) is 2.63. The van der Waals surface area contributed by atoms with Gasteiger partial charge in [0.25, 0.3) is 0 Å². The number of amides is 1. The van der Waals surface area contributed by atoms with Crippen molar-refractivity contribution in [3.63, 3.8) is 0 Å². The molecule has 0 saturated heterocycles. The largest absolute Gasteiger partial charge is 0.457 e. The zero-order valence-electron chi connectivity index (χ0n) is 12.8. The van der Waals surface area contributed by atoms with Crippen molar-refractivity contribution in [1.82, 2.24) is 4.98 Å². The van der Waals surface area contributed by atoms with Crippen LogP contribution in [0.2, 0.25) is 0 Å². The number of anilines is 1. The molecule has 0 radical (unpaired) electrons. The smallest absolute Gasteiger partial charge is 0.300 e. The first kappa shape index (κ1) is 15.3.